The van der Waals surface area contributed by atoms with Crippen LogP contribution >= 0.6 is 0 Å². The molecule has 2 N–H and O–H groups in total. The number of hydrogen-bond acceptors (Lipinski definition) is 2. The van der Waals surface area contributed by atoms with Gasteiger partial charge in [-0.2, -0.15) is 0 Å². The molecule has 0 saturated carbocycles. The summed E-state index contributed by atoms with van der Waals surface area (Å²) < 4.78 is 0. The Morgan fingerprint density at radius 1 is 1.38 bits per heavy atom. The molecule has 0 spiro atoms. The molecule has 3 heteroatoms. The lowest BCUT2D eigenvalue weighted by molar-refractivity contribution is -0.146. The maximum Gasteiger partial charge on any atom is 0.337 e. The average molecular weight is 180 g/mol. The van der Waals surface area contributed by atoms with Gasteiger partial charge in [-0.3, -0.25) is 0 Å². The topological polar surface area (TPSA) is 57.5 Å². The molecule has 0 aliphatic carbocycles. The molecule has 0 fully saturated rings. The van der Waals surface area contributed by atoms with Gasteiger partial charge in [-0.15, -0.1) is 0 Å². The third-order valence-corrected chi connectivity index (χ3v) is 1.94. The first kappa shape index (κ1) is 9.74. The van der Waals surface area contributed by atoms with Crippen molar-refractivity contribution in [1.29, 1.82) is 0 Å². The van der Waals surface area contributed by atoms with Crippen LogP contribution in [-0.2, 0) is 11.2 Å². The van der Waals surface area contributed by atoms with Crippen LogP contribution in [0.5, 0.6) is 0 Å². The molecule has 1 atom stereocenters. The van der Waals surface area contributed by atoms with E-state index in [9.17, 15) is 4.79 Å². The van der Waals surface area contributed by atoms with Gasteiger partial charge in [0.15, 0.2) is 6.10 Å². The molecular weight excluding hydrogens is 168 g/mol. The molecule has 0 saturated heterocycles. The van der Waals surface area contributed by atoms with Crippen LogP contribution in [0.15, 0.2) is 24.3 Å². The van der Waals surface area contributed by atoms with E-state index in [-0.39, 0.29) is 0 Å². The maximum atomic E-state index is 10.4. The van der Waals surface area contributed by atoms with Crippen molar-refractivity contribution in [3.63, 3.8) is 0 Å². The molecule has 0 heterocycles. The normalized spacial score (nSPS) is 12.5. The van der Waals surface area contributed by atoms with Gasteiger partial charge in [0, 0.05) is 0 Å². The molecule has 0 unspecified atom stereocenters. The summed E-state index contributed by atoms with van der Waals surface area (Å²) in [5.41, 5.74) is 1.55. The number of hydrogen-bond donors (Lipinski definition) is 2. The molecule has 0 aromatic heterocycles. The second-order valence-corrected chi connectivity index (χ2v) is 2.84. The quantitative estimate of drug-likeness (QED) is 0.738. The van der Waals surface area contributed by atoms with Gasteiger partial charge in [0.2, 0.25) is 0 Å². The summed E-state index contributed by atoms with van der Waals surface area (Å²) in [6.07, 6.45) is -0.505. The zero-order valence-electron chi connectivity index (χ0n) is 7.40. The van der Waals surface area contributed by atoms with E-state index in [0.29, 0.717) is 5.56 Å². The summed E-state index contributed by atoms with van der Waals surface area (Å²) >= 11 is 0. The molecule has 0 amide bonds. The zero-order valence-corrected chi connectivity index (χ0v) is 7.40. The smallest absolute Gasteiger partial charge is 0.337 e. The molecule has 1 aromatic rings. The lowest BCUT2D eigenvalue weighted by atomic mass is 10.1. The van der Waals surface area contributed by atoms with E-state index in [4.69, 9.17) is 10.2 Å². The highest BCUT2D eigenvalue weighted by Crippen LogP contribution is 2.13. The predicted octanol–water partition coefficient (Wildman–Crippen LogP) is 1.37. The summed E-state index contributed by atoms with van der Waals surface area (Å²) in [4.78, 5) is 10.4. The molecule has 0 aliphatic heterocycles. The first-order valence-corrected chi connectivity index (χ1v) is 4.15. The molecule has 3 nitrogen and oxygen atoms in total. The van der Waals surface area contributed by atoms with Crippen LogP contribution in [0.25, 0.3) is 0 Å². The summed E-state index contributed by atoms with van der Waals surface area (Å²) in [7, 11) is 0. The van der Waals surface area contributed by atoms with E-state index in [2.05, 4.69) is 0 Å². The summed E-state index contributed by atoms with van der Waals surface area (Å²) in [5.74, 6) is -1.22. The Labute approximate surface area is 76.6 Å². The van der Waals surface area contributed by atoms with Gasteiger partial charge < -0.3 is 10.2 Å². The SMILES string of the molecule is CCc1ccc([C@H](O)C(=O)O)cc1. The number of rotatable bonds is 3. The van der Waals surface area contributed by atoms with Crippen LogP contribution in [0.2, 0.25) is 0 Å². The number of aryl methyl sites for hydroxylation is 1. The van der Waals surface area contributed by atoms with Crippen molar-refractivity contribution in [2.45, 2.75) is 19.4 Å². The monoisotopic (exact) mass is 180 g/mol. The Bertz CT molecular complexity index is 290. The van der Waals surface area contributed by atoms with Gasteiger partial charge in [-0.25, -0.2) is 4.79 Å². The highest BCUT2D eigenvalue weighted by Gasteiger charge is 2.14. The van der Waals surface area contributed by atoms with Crippen molar-refractivity contribution in [2.75, 3.05) is 0 Å². The number of aliphatic carboxylic acids is 1. The van der Waals surface area contributed by atoms with Crippen molar-refractivity contribution in [3.05, 3.63) is 35.4 Å². The third-order valence-electron chi connectivity index (χ3n) is 1.94. The molecule has 70 valence electrons. The van der Waals surface area contributed by atoms with Crippen LogP contribution < -0.4 is 0 Å². The number of aliphatic hydroxyl groups excluding tert-OH is 1. The summed E-state index contributed by atoms with van der Waals surface area (Å²) in [6, 6.07) is 6.91. The van der Waals surface area contributed by atoms with E-state index in [1.54, 1.807) is 12.1 Å². The van der Waals surface area contributed by atoms with E-state index in [1.165, 1.54) is 0 Å². The number of carbonyl (C=O) groups is 1. The van der Waals surface area contributed by atoms with Crippen molar-refractivity contribution in [2.24, 2.45) is 0 Å². The fourth-order valence-electron chi connectivity index (χ4n) is 1.08. The van der Waals surface area contributed by atoms with Crippen molar-refractivity contribution < 1.29 is 15.0 Å². The van der Waals surface area contributed by atoms with E-state index >= 15 is 0 Å². The Morgan fingerprint density at radius 3 is 2.31 bits per heavy atom. The Morgan fingerprint density at radius 2 is 1.92 bits per heavy atom. The Kier molecular flexibility index (Phi) is 3.03. The minimum absolute atomic E-state index is 0.421. The van der Waals surface area contributed by atoms with Gasteiger partial charge >= 0.3 is 5.97 Å². The number of benzene rings is 1. The van der Waals surface area contributed by atoms with Crippen molar-refractivity contribution >= 4 is 5.97 Å². The van der Waals surface area contributed by atoms with Crippen LogP contribution in [0.4, 0.5) is 0 Å². The Balaban J connectivity index is 2.85. The fraction of sp³-hybridized carbons (Fsp3) is 0.300. The molecule has 1 rings (SSSR count). The third kappa shape index (κ3) is 2.29. The van der Waals surface area contributed by atoms with Crippen molar-refractivity contribution in [3.8, 4) is 0 Å². The van der Waals surface area contributed by atoms with E-state index in [0.717, 1.165) is 12.0 Å². The average Bonchev–Trinajstić information content (AvgIpc) is 2.17. The highest BCUT2D eigenvalue weighted by molar-refractivity contribution is 5.73. The number of aliphatic hydroxyl groups is 1. The molecule has 0 bridgehead atoms. The molecule has 1 aromatic carbocycles. The maximum absolute atomic E-state index is 10.4. The van der Waals surface area contributed by atoms with Crippen LogP contribution in [-0.4, -0.2) is 16.2 Å². The standard InChI is InChI=1S/C10H12O3/c1-2-7-3-5-8(6-4-7)9(11)10(12)13/h3-6,9,11H,2H2,1H3,(H,12,13)/t9-/m0/s1. The van der Waals surface area contributed by atoms with E-state index in [1.807, 2.05) is 19.1 Å². The van der Waals surface area contributed by atoms with Gasteiger partial charge in [-0.05, 0) is 17.5 Å². The first-order chi connectivity index (χ1) is 6.15. The number of carboxylic acid groups (broad SMARTS) is 1. The van der Waals surface area contributed by atoms with Gasteiger partial charge in [-0.1, -0.05) is 31.2 Å². The Hall–Kier alpha value is -1.35. The van der Waals surface area contributed by atoms with Gasteiger partial charge in [0.05, 0.1) is 0 Å². The second-order valence-electron chi connectivity index (χ2n) is 2.84. The predicted molar refractivity (Wildman–Crippen MR) is 48.4 cm³/mol. The molecule has 0 radical (unpaired) electrons. The van der Waals surface area contributed by atoms with Crippen LogP contribution in [0.3, 0.4) is 0 Å². The highest BCUT2D eigenvalue weighted by atomic mass is 16.4. The van der Waals surface area contributed by atoms with Crippen molar-refractivity contribution in [1.82, 2.24) is 0 Å². The van der Waals surface area contributed by atoms with Crippen LogP contribution in [0.1, 0.15) is 24.2 Å². The van der Waals surface area contributed by atoms with Gasteiger partial charge in [0.1, 0.15) is 0 Å². The number of carboxylic acids is 1. The van der Waals surface area contributed by atoms with Gasteiger partial charge in [0.25, 0.3) is 0 Å². The second kappa shape index (κ2) is 4.05. The zero-order chi connectivity index (χ0) is 9.84. The lowest BCUT2D eigenvalue weighted by Gasteiger charge is -2.05. The van der Waals surface area contributed by atoms with Crippen LogP contribution in [0, 0.1) is 0 Å². The minimum atomic E-state index is -1.41. The fourth-order valence-corrected chi connectivity index (χ4v) is 1.08. The lowest BCUT2D eigenvalue weighted by Crippen LogP contribution is -2.10. The molecular formula is C10H12O3. The largest absolute Gasteiger partial charge is 0.479 e. The summed E-state index contributed by atoms with van der Waals surface area (Å²) in [6.45, 7) is 2.02. The minimum Gasteiger partial charge on any atom is -0.479 e. The molecule has 13 heavy (non-hydrogen) atoms. The first-order valence-electron chi connectivity index (χ1n) is 4.15. The molecule has 0 aliphatic rings. The van der Waals surface area contributed by atoms with E-state index < -0.39 is 12.1 Å². The summed E-state index contributed by atoms with van der Waals surface area (Å²) in [5, 5.41) is 17.7.